The fourth-order valence-electron chi connectivity index (χ4n) is 4.63. The van der Waals surface area contributed by atoms with Crippen LogP contribution >= 0.6 is 24.8 Å². The Labute approximate surface area is 206 Å². The molecule has 1 atom stereocenters. The van der Waals surface area contributed by atoms with Crippen LogP contribution in [-0.2, 0) is 4.74 Å². The van der Waals surface area contributed by atoms with Gasteiger partial charge in [0.25, 0.3) is 0 Å². The van der Waals surface area contributed by atoms with Crippen molar-refractivity contribution in [1.29, 1.82) is 0 Å². The van der Waals surface area contributed by atoms with Gasteiger partial charge < -0.3 is 14.8 Å². The number of methoxy groups -OCH3 is 1. The van der Waals surface area contributed by atoms with E-state index in [-0.39, 0.29) is 42.9 Å². The topological polar surface area (TPSA) is 63.7 Å². The van der Waals surface area contributed by atoms with Crippen molar-refractivity contribution in [2.45, 2.75) is 12.0 Å². The molecule has 1 saturated heterocycles. The van der Waals surface area contributed by atoms with Crippen LogP contribution in [0.15, 0.2) is 67.0 Å². The molecular formula is C25H27Cl2N3O3. The maximum atomic E-state index is 13.1. The zero-order chi connectivity index (χ0) is 21.2. The third-order valence-corrected chi connectivity index (χ3v) is 6.17. The molecule has 33 heavy (non-hydrogen) atoms. The fourth-order valence-corrected chi connectivity index (χ4v) is 4.63. The van der Waals surface area contributed by atoms with Gasteiger partial charge in [-0.3, -0.25) is 9.88 Å². The highest BCUT2D eigenvalue weighted by Crippen LogP contribution is 2.44. The minimum absolute atomic E-state index is 0. The SMILES string of the molecule is COc1cncc(C2CNCCN2C(=O)OCC2c3ccccc3-c3ccccc32)c1.Cl.Cl. The molecule has 1 N–H and O–H groups in total. The number of halogens is 2. The Bertz CT molecular complexity index is 1070. The standard InChI is InChI=1S/C25H25N3O3.2ClH/c1-30-18-12-17(13-27-14-18)24-15-26-10-11-28(24)25(29)31-16-23-21-8-4-2-6-19(21)20-7-3-5-9-22(20)23;;/h2-9,12-14,23-24,26H,10-11,15-16H2,1H3;2*1H. The maximum absolute atomic E-state index is 13.1. The summed E-state index contributed by atoms with van der Waals surface area (Å²) in [4.78, 5) is 19.2. The number of fused-ring (bicyclic) bond motifs is 3. The number of carbonyl (C=O) groups excluding carboxylic acids is 1. The van der Waals surface area contributed by atoms with Gasteiger partial charge in [-0.25, -0.2) is 4.79 Å². The third kappa shape index (κ3) is 4.78. The highest BCUT2D eigenvalue weighted by molar-refractivity contribution is 5.85. The summed E-state index contributed by atoms with van der Waals surface area (Å²) in [6.07, 6.45) is 3.15. The van der Waals surface area contributed by atoms with Crippen LogP contribution in [0.5, 0.6) is 5.75 Å². The van der Waals surface area contributed by atoms with Crippen molar-refractivity contribution >= 4 is 30.9 Å². The third-order valence-electron chi connectivity index (χ3n) is 6.17. The van der Waals surface area contributed by atoms with E-state index in [0.29, 0.717) is 25.4 Å². The molecule has 0 saturated carbocycles. The van der Waals surface area contributed by atoms with Gasteiger partial charge in [-0.2, -0.15) is 0 Å². The van der Waals surface area contributed by atoms with E-state index in [9.17, 15) is 4.79 Å². The molecule has 8 heteroatoms. The lowest BCUT2D eigenvalue weighted by molar-refractivity contribution is 0.0751. The number of aromatic nitrogens is 1. The van der Waals surface area contributed by atoms with Gasteiger partial charge >= 0.3 is 6.09 Å². The number of amides is 1. The molecule has 2 heterocycles. The van der Waals surface area contributed by atoms with Gasteiger partial charge in [-0.05, 0) is 33.9 Å². The van der Waals surface area contributed by atoms with Crippen LogP contribution in [0.3, 0.4) is 0 Å². The molecule has 1 aliphatic heterocycles. The molecule has 5 rings (SSSR count). The Hall–Kier alpha value is -2.80. The molecule has 2 aromatic carbocycles. The van der Waals surface area contributed by atoms with Crippen molar-refractivity contribution in [1.82, 2.24) is 15.2 Å². The number of carbonyl (C=O) groups is 1. The zero-order valence-corrected chi connectivity index (χ0v) is 19.9. The number of hydrogen-bond acceptors (Lipinski definition) is 5. The molecule has 3 aromatic rings. The average molecular weight is 488 g/mol. The Morgan fingerprint density at radius 3 is 2.39 bits per heavy atom. The van der Waals surface area contributed by atoms with E-state index in [1.807, 2.05) is 18.2 Å². The summed E-state index contributed by atoms with van der Waals surface area (Å²) in [7, 11) is 1.61. The summed E-state index contributed by atoms with van der Waals surface area (Å²) in [6, 6.07) is 18.5. The first-order valence-electron chi connectivity index (χ1n) is 10.6. The van der Waals surface area contributed by atoms with Crippen LogP contribution in [0.4, 0.5) is 4.79 Å². The average Bonchev–Trinajstić information content (AvgIpc) is 3.16. The van der Waals surface area contributed by atoms with E-state index >= 15 is 0 Å². The molecule has 1 amide bonds. The Kier molecular flexibility index (Phi) is 8.19. The molecule has 1 aromatic heterocycles. The second-order valence-electron chi connectivity index (χ2n) is 7.88. The van der Waals surface area contributed by atoms with E-state index in [4.69, 9.17) is 9.47 Å². The van der Waals surface area contributed by atoms with E-state index in [1.54, 1.807) is 24.4 Å². The Morgan fingerprint density at radius 1 is 1.06 bits per heavy atom. The minimum atomic E-state index is -0.295. The quantitative estimate of drug-likeness (QED) is 0.570. The van der Waals surface area contributed by atoms with Crippen molar-refractivity contribution in [3.63, 3.8) is 0 Å². The Balaban J connectivity index is 0.00000153. The molecule has 174 valence electrons. The first kappa shape index (κ1) is 24.8. The summed E-state index contributed by atoms with van der Waals surface area (Å²) in [6.45, 7) is 2.29. The van der Waals surface area contributed by atoms with Crippen molar-refractivity contribution in [3.05, 3.63) is 83.7 Å². The van der Waals surface area contributed by atoms with Gasteiger partial charge in [0.15, 0.2) is 0 Å². The first-order chi connectivity index (χ1) is 15.3. The summed E-state index contributed by atoms with van der Waals surface area (Å²) in [5, 5.41) is 3.36. The largest absolute Gasteiger partial charge is 0.495 e. The smallest absolute Gasteiger partial charge is 0.410 e. The predicted molar refractivity (Wildman–Crippen MR) is 133 cm³/mol. The van der Waals surface area contributed by atoms with Gasteiger partial charge in [0.1, 0.15) is 12.4 Å². The molecule has 1 aliphatic carbocycles. The summed E-state index contributed by atoms with van der Waals surface area (Å²) < 4.78 is 11.2. The molecule has 6 nitrogen and oxygen atoms in total. The van der Waals surface area contributed by atoms with Crippen molar-refractivity contribution < 1.29 is 14.3 Å². The predicted octanol–water partition coefficient (Wildman–Crippen LogP) is 4.83. The van der Waals surface area contributed by atoms with Crippen LogP contribution in [0.25, 0.3) is 11.1 Å². The number of ether oxygens (including phenoxy) is 2. The van der Waals surface area contributed by atoms with E-state index in [1.165, 1.54) is 22.3 Å². The summed E-state index contributed by atoms with van der Waals surface area (Å²) in [5.41, 5.74) is 5.80. The number of rotatable bonds is 4. The van der Waals surface area contributed by atoms with Crippen LogP contribution < -0.4 is 10.1 Å². The Morgan fingerprint density at radius 2 is 1.73 bits per heavy atom. The molecular weight excluding hydrogens is 461 g/mol. The second kappa shape index (κ2) is 10.9. The lowest BCUT2D eigenvalue weighted by Crippen LogP contribution is -2.49. The molecule has 1 fully saturated rings. The zero-order valence-electron chi connectivity index (χ0n) is 18.3. The second-order valence-corrected chi connectivity index (χ2v) is 7.88. The summed E-state index contributed by atoms with van der Waals surface area (Å²) in [5.74, 6) is 0.728. The number of hydrogen-bond donors (Lipinski definition) is 1. The van der Waals surface area contributed by atoms with E-state index < -0.39 is 0 Å². The lowest BCUT2D eigenvalue weighted by Gasteiger charge is -2.35. The molecule has 2 aliphatic rings. The fraction of sp³-hybridized carbons (Fsp3) is 0.280. The van der Waals surface area contributed by atoms with Crippen molar-refractivity contribution in [2.75, 3.05) is 33.4 Å². The number of benzene rings is 2. The molecule has 0 radical (unpaired) electrons. The molecule has 0 spiro atoms. The first-order valence-corrected chi connectivity index (χ1v) is 10.6. The van der Waals surface area contributed by atoms with Gasteiger partial charge in [-0.1, -0.05) is 48.5 Å². The minimum Gasteiger partial charge on any atom is -0.495 e. The van der Waals surface area contributed by atoms with Gasteiger partial charge in [0.05, 0.1) is 19.3 Å². The van der Waals surface area contributed by atoms with Crippen molar-refractivity contribution in [3.8, 4) is 16.9 Å². The number of pyridine rings is 1. The van der Waals surface area contributed by atoms with Gasteiger partial charge in [0.2, 0.25) is 0 Å². The monoisotopic (exact) mass is 487 g/mol. The number of nitrogens with one attached hydrogen (secondary N) is 1. The summed E-state index contributed by atoms with van der Waals surface area (Å²) >= 11 is 0. The normalized spacial score (nSPS) is 16.6. The van der Waals surface area contributed by atoms with E-state index in [0.717, 1.165) is 12.1 Å². The van der Waals surface area contributed by atoms with E-state index in [2.05, 4.69) is 46.7 Å². The number of nitrogens with zero attached hydrogens (tertiary/aromatic N) is 2. The highest BCUT2D eigenvalue weighted by atomic mass is 35.5. The van der Waals surface area contributed by atoms with Gasteiger partial charge in [-0.15, -0.1) is 24.8 Å². The van der Waals surface area contributed by atoms with Crippen LogP contribution in [-0.4, -0.2) is 49.3 Å². The lowest BCUT2D eigenvalue weighted by atomic mass is 9.98. The highest BCUT2D eigenvalue weighted by Gasteiger charge is 2.32. The number of piperazine rings is 1. The molecule has 1 unspecified atom stereocenters. The van der Waals surface area contributed by atoms with Gasteiger partial charge in [0, 0.05) is 31.7 Å². The maximum Gasteiger partial charge on any atom is 0.410 e. The van der Waals surface area contributed by atoms with Crippen molar-refractivity contribution in [2.24, 2.45) is 0 Å². The van der Waals surface area contributed by atoms with Crippen LogP contribution in [0.1, 0.15) is 28.7 Å². The van der Waals surface area contributed by atoms with Crippen LogP contribution in [0, 0.1) is 0 Å². The van der Waals surface area contributed by atoms with Crippen LogP contribution in [0.2, 0.25) is 0 Å². The molecule has 0 bridgehead atoms.